The molecule has 38 heavy (non-hydrogen) atoms. The van der Waals surface area contributed by atoms with Crippen molar-refractivity contribution in [2.75, 3.05) is 54.6 Å². The van der Waals surface area contributed by atoms with Gasteiger partial charge in [0.2, 0.25) is 12.4 Å². The number of carbonyl (C=O) groups excluding carboxylic acids is 2. The van der Waals surface area contributed by atoms with Gasteiger partial charge in [0.25, 0.3) is 0 Å². The number of amides is 1. The number of carbonyl (C=O) groups is 2. The van der Waals surface area contributed by atoms with Gasteiger partial charge in [-0.05, 0) is 31.5 Å². The van der Waals surface area contributed by atoms with Crippen LogP contribution in [0.4, 0.5) is 22.7 Å². The van der Waals surface area contributed by atoms with Gasteiger partial charge < -0.3 is 19.9 Å². The number of thiazole rings is 1. The zero-order valence-electron chi connectivity index (χ0n) is 21.3. The van der Waals surface area contributed by atoms with Crippen molar-refractivity contribution in [1.29, 1.82) is 0 Å². The van der Waals surface area contributed by atoms with Gasteiger partial charge in [0.1, 0.15) is 16.5 Å². The van der Waals surface area contributed by atoms with Crippen LogP contribution in [0.15, 0.2) is 35.2 Å². The van der Waals surface area contributed by atoms with Crippen molar-refractivity contribution in [1.82, 2.24) is 19.9 Å². The first-order valence-electron chi connectivity index (χ1n) is 11.9. The number of piperazine rings is 1. The number of anilines is 4. The molecule has 0 unspecified atom stereocenters. The van der Waals surface area contributed by atoms with Gasteiger partial charge in [-0.15, -0.1) is 0 Å². The lowest BCUT2D eigenvalue weighted by Crippen LogP contribution is -2.46. The molecule has 0 radical (unpaired) electrons. The van der Waals surface area contributed by atoms with E-state index in [9.17, 15) is 18.0 Å². The summed E-state index contributed by atoms with van der Waals surface area (Å²) in [6.07, 6.45) is 2.02. The number of benzene rings is 1. The lowest BCUT2D eigenvalue weighted by Gasteiger charge is -2.33. The highest BCUT2D eigenvalue weighted by Crippen LogP contribution is 2.27. The predicted molar refractivity (Wildman–Crippen MR) is 145 cm³/mol. The molecule has 0 saturated carbocycles. The molecule has 3 aromatic rings. The minimum absolute atomic E-state index is 0.257. The summed E-state index contributed by atoms with van der Waals surface area (Å²) in [6, 6.07) is 8.47. The molecule has 202 valence electrons. The topological polar surface area (TPSA) is 147 Å². The van der Waals surface area contributed by atoms with E-state index in [0.717, 1.165) is 23.3 Å². The summed E-state index contributed by atoms with van der Waals surface area (Å²) >= 11 is 1.16. The van der Waals surface area contributed by atoms with E-state index < -0.39 is 15.8 Å². The molecule has 1 aromatic carbocycles. The van der Waals surface area contributed by atoms with E-state index in [-0.39, 0.29) is 11.5 Å². The van der Waals surface area contributed by atoms with Crippen LogP contribution in [0.5, 0.6) is 0 Å². The summed E-state index contributed by atoms with van der Waals surface area (Å²) in [7, 11) is -3.27. The van der Waals surface area contributed by atoms with Crippen molar-refractivity contribution >= 4 is 56.3 Å². The van der Waals surface area contributed by atoms with Gasteiger partial charge in [-0.25, -0.2) is 18.2 Å². The minimum Gasteiger partial charge on any atom is -0.462 e. The average Bonchev–Trinajstić information content (AvgIpc) is 3.27. The second-order valence-corrected chi connectivity index (χ2v) is 11.6. The SMILES string of the molecule is CCOC(=O)c1sc(Nc2nc(NCc3ccc(S(C)(=O)=O)cc3)cc(N3CCN(C=O)CC3)n2)nc1C. The van der Waals surface area contributed by atoms with Gasteiger partial charge in [0.05, 0.1) is 17.2 Å². The third-order valence-corrected chi connectivity index (χ3v) is 7.98. The highest BCUT2D eigenvalue weighted by Gasteiger charge is 2.20. The molecular formula is C24H29N7O5S2. The summed E-state index contributed by atoms with van der Waals surface area (Å²) < 4.78 is 28.6. The molecule has 2 N–H and O–H groups in total. The summed E-state index contributed by atoms with van der Waals surface area (Å²) in [5.41, 5.74) is 1.43. The Labute approximate surface area is 225 Å². The Hall–Kier alpha value is -3.78. The van der Waals surface area contributed by atoms with Gasteiger partial charge in [-0.3, -0.25) is 10.1 Å². The fourth-order valence-electron chi connectivity index (χ4n) is 3.78. The summed E-state index contributed by atoms with van der Waals surface area (Å²) in [4.78, 5) is 41.4. The number of nitrogens with zero attached hydrogens (tertiary/aromatic N) is 5. The molecule has 0 spiro atoms. The van der Waals surface area contributed by atoms with Gasteiger partial charge in [0.15, 0.2) is 15.0 Å². The van der Waals surface area contributed by atoms with Crippen LogP contribution >= 0.6 is 11.3 Å². The Morgan fingerprint density at radius 2 is 1.84 bits per heavy atom. The van der Waals surface area contributed by atoms with Gasteiger partial charge in [-0.1, -0.05) is 23.5 Å². The first-order chi connectivity index (χ1) is 18.2. The molecule has 2 aromatic heterocycles. The quantitative estimate of drug-likeness (QED) is 0.279. The van der Waals surface area contributed by atoms with Gasteiger partial charge in [-0.2, -0.15) is 9.97 Å². The van der Waals surface area contributed by atoms with Crippen molar-refractivity contribution in [3.8, 4) is 0 Å². The molecule has 14 heteroatoms. The van der Waals surface area contributed by atoms with Crippen LogP contribution in [0.3, 0.4) is 0 Å². The van der Waals surface area contributed by atoms with Crippen molar-refractivity contribution < 1.29 is 22.7 Å². The van der Waals surface area contributed by atoms with Crippen LogP contribution in [0, 0.1) is 6.92 Å². The molecular weight excluding hydrogens is 530 g/mol. The summed E-state index contributed by atoms with van der Waals surface area (Å²) in [6.45, 7) is 6.56. The molecule has 1 fully saturated rings. The van der Waals surface area contributed by atoms with E-state index in [1.165, 1.54) is 6.26 Å². The van der Waals surface area contributed by atoms with E-state index in [1.54, 1.807) is 43.0 Å². The smallest absolute Gasteiger partial charge is 0.350 e. The highest BCUT2D eigenvalue weighted by molar-refractivity contribution is 7.90. The number of sulfone groups is 1. The Balaban J connectivity index is 1.56. The lowest BCUT2D eigenvalue weighted by atomic mass is 10.2. The largest absolute Gasteiger partial charge is 0.462 e. The maximum Gasteiger partial charge on any atom is 0.350 e. The monoisotopic (exact) mass is 559 g/mol. The van der Waals surface area contributed by atoms with Crippen molar-refractivity contribution in [2.45, 2.75) is 25.3 Å². The predicted octanol–water partition coefficient (Wildman–Crippen LogP) is 2.46. The Bertz CT molecular complexity index is 1400. The van der Waals surface area contributed by atoms with Crippen LogP contribution in [-0.4, -0.2) is 79.7 Å². The third kappa shape index (κ3) is 6.75. The zero-order chi connectivity index (χ0) is 27.3. The van der Waals surface area contributed by atoms with Crippen LogP contribution < -0.4 is 15.5 Å². The van der Waals surface area contributed by atoms with E-state index >= 15 is 0 Å². The number of rotatable bonds is 10. The van der Waals surface area contributed by atoms with Gasteiger partial charge in [0, 0.05) is 45.0 Å². The number of nitrogens with one attached hydrogen (secondary N) is 2. The molecule has 1 aliphatic rings. The van der Waals surface area contributed by atoms with Gasteiger partial charge >= 0.3 is 5.97 Å². The van der Waals surface area contributed by atoms with Crippen molar-refractivity contribution in [3.05, 3.63) is 46.5 Å². The molecule has 0 atom stereocenters. The summed E-state index contributed by atoms with van der Waals surface area (Å²) in [5, 5.41) is 6.83. The molecule has 4 rings (SSSR count). The van der Waals surface area contributed by atoms with Crippen LogP contribution in [0.2, 0.25) is 0 Å². The lowest BCUT2D eigenvalue weighted by molar-refractivity contribution is -0.118. The molecule has 0 bridgehead atoms. The highest BCUT2D eigenvalue weighted by atomic mass is 32.2. The van der Waals surface area contributed by atoms with Crippen LogP contribution in [0.25, 0.3) is 0 Å². The first-order valence-corrected chi connectivity index (χ1v) is 14.6. The number of hydrogen-bond donors (Lipinski definition) is 2. The minimum atomic E-state index is -3.27. The Morgan fingerprint density at radius 1 is 1.13 bits per heavy atom. The fourth-order valence-corrected chi connectivity index (χ4v) is 5.26. The van der Waals surface area contributed by atoms with Crippen LogP contribution in [0.1, 0.15) is 27.9 Å². The zero-order valence-corrected chi connectivity index (χ0v) is 22.9. The second-order valence-electron chi connectivity index (χ2n) is 8.61. The maximum absolute atomic E-state index is 12.2. The van der Waals surface area contributed by atoms with Crippen molar-refractivity contribution in [2.24, 2.45) is 0 Å². The Kier molecular flexibility index (Phi) is 8.42. The average molecular weight is 560 g/mol. The third-order valence-electron chi connectivity index (χ3n) is 5.80. The number of aryl methyl sites for hydroxylation is 1. The molecule has 1 aliphatic heterocycles. The first kappa shape index (κ1) is 27.3. The number of aromatic nitrogens is 3. The Morgan fingerprint density at radius 3 is 2.47 bits per heavy atom. The number of ether oxygens (including phenoxy) is 1. The fraction of sp³-hybridized carbons (Fsp3) is 0.375. The standard InChI is InChI=1S/C24H29N7O5S2/c1-4-36-22(33)21-16(2)26-24(37-21)29-23-27-19(13-20(28-23)31-11-9-30(15-32)10-12-31)25-14-17-5-7-18(8-6-17)38(3,34)35/h5-8,13,15H,4,9-12,14H2,1-3H3,(H2,25,26,27,28,29). The molecule has 3 heterocycles. The molecule has 12 nitrogen and oxygen atoms in total. The number of hydrogen-bond acceptors (Lipinski definition) is 12. The van der Waals surface area contributed by atoms with E-state index in [0.29, 0.717) is 66.0 Å². The molecule has 1 amide bonds. The maximum atomic E-state index is 12.2. The van der Waals surface area contributed by atoms with E-state index in [1.807, 2.05) is 6.07 Å². The van der Waals surface area contributed by atoms with E-state index in [4.69, 9.17) is 4.74 Å². The second kappa shape index (κ2) is 11.7. The summed E-state index contributed by atoms with van der Waals surface area (Å²) in [5.74, 6) is 1.07. The normalized spacial score (nSPS) is 13.8. The molecule has 0 aliphatic carbocycles. The van der Waals surface area contributed by atoms with Crippen molar-refractivity contribution in [3.63, 3.8) is 0 Å². The van der Waals surface area contributed by atoms with Crippen LogP contribution in [-0.2, 0) is 25.9 Å². The van der Waals surface area contributed by atoms with E-state index in [2.05, 4.69) is 30.5 Å². The number of esters is 1. The molecule has 1 saturated heterocycles.